The lowest BCUT2D eigenvalue weighted by Crippen LogP contribution is -2.39. The van der Waals surface area contributed by atoms with Gasteiger partial charge in [-0.15, -0.1) is 0 Å². The summed E-state index contributed by atoms with van der Waals surface area (Å²) in [6, 6.07) is 6.76. The summed E-state index contributed by atoms with van der Waals surface area (Å²) in [4.78, 5) is 17.1. The second-order valence-corrected chi connectivity index (χ2v) is 6.02. The SMILES string of the molecule is CC1CCN(C(=O)O)C(c2nc(-c3cccc(Cl)c3)no2)C1. The first-order chi connectivity index (χ1) is 10.5. The van der Waals surface area contributed by atoms with Crippen molar-refractivity contribution in [2.45, 2.75) is 25.8 Å². The number of amides is 1. The molecule has 1 saturated heterocycles. The highest BCUT2D eigenvalue weighted by Gasteiger charge is 2.34. The predicted molar refractivity (Wildman–Crippen MR) is 80.6 cm³/mol. The molecule has 1 aliphatic rings. The highest BCUT2D eigenvalue weighted by atomic mass is 35.5. The van der Waals surface area contributed by atoms with Crippen molar-refractivity contribution in [3.05, 3.63) is 35.2 Å². The lowest BCUT2D eigenvalue weighted by atomic mass is 9.92. The van der Waals surface area contributed by atoms with Crippen LogP contribution in [0.3, 0.4) is 0 Å². The number of nitrogens with zero attached hydrogens (tertiary/aromatic N) is 3. The van der Waals surface area contributed by atoms with Crippen LogP contribution in [-0.2, 0) is 0 Å². The number of carboxylic acid groups (broad SMARTS) is 1. The molecule has 116 valence electrons. The van der Waals surface area contributed by atoms with Gasteiger partial charge in [-0.2, -0.15) is 4.98 Å². The summed E-state index contributed by atoms with van der Waals surface area (Å²) in [5.41, 5.74) is 0.744. The molecule has 1 aromatic carbocycles. The van der Waals surface area contributed by atoms with Gasteiger partial charge in [0.2, 0.25) is 11.7 Å². The first-order valence-electron chi connectivity index (χ1n) is 7.13. The summed E-state index contributed by atoms with van der Waals surface area (Å²) in [5.74, 6) is 1.17. The third kappa shape index (κ3) is 2.92. The van der Waals surface area contributed by atoms with E-state index in [0.29, 0.717) is 35.6 Å². The van der Waals surface area contributed by atoms with Crippen molar-refractivity contribution in [2.75, 3.05) is 6.54 Å². The smallest absolute Gasteiger partial charge is 0.407 e. The normalized spacial score (nSPS) is 21.8. The number of rotatable bonds is 2. The van der Waals surface area contributed by atoms with E-state index in [9.17, 15) is 9.90 Å². The molecule has 3 rings (SSSR count). The largest absolute Gasteiger partial charge is 0.465 e. The molecule has 6 nitrogen and oxygen atoms in total. The van der Waals surface area contributed by atoms with E-state index in [2.05, 4.69) is 17.1 Å². The van der Waals surface area contributed by atoms with E-state index in [1.807, 2.05) is 6.07 Å². The van der Waals surface area contributed by atoms with E-state index in [4.69, 9.17) is 16.1 Å². The van der Waals surface area contributed by atoms with Gasteiger partial charge in [-0.05, 0) is 30.9 Å². The topological polar surface area (TPSA) is 79.5 Å². The highest BCUT2D eigenvalue weighted by molar-refractivity contribution is 6.30. The number of halogens is 1. The van der Waals surface area contributed by atoms with E-state index in [-0.39, 0.29) is 6.04 Å². The van der Waals surface area contributed by atoms with Crippen LogP contribution in [0, 0.1) is 5.92 Å². The van der Waals surface area contributed by atoms with Gasteiger partial charge >= 0.3 is 6.09 Å². The molecule has 1 aliphatic heterocycles. The molecule has 1 amide bonds. The zero-order chi connectivity index (χ0) is 15.7. The third-order valence-corrected chi connectivity index (χ3v) is 4.16. The molecular formula is C15H16ClN3O3. The molecule has 0 saturated carbocycles. The summed E-state index contributed by atoms with van der Waals surface area (Å²) < 4.78 is 5.32. The molecular weight excluding hydrogens is 306 g/mol. The van der Waals surface area contributed by atoms with Gasteiger partial charge in [0, 0.05) is 17.1 Å². The Hall–Kier alpha value is -2.08. The van der Waals surface area contributed by atoms with Gasteiger partial charge in [0.05, 0.1) is 0 Å². The van der Waals surface area contributed by atoms with Crippen LogP contribution in [0.5, 0.6) is 0 Å². The van der Waals surface area contributed by atoms with Crippen LogP contribution in [-0.4, -0.2) is 32.8 Å². The van der Waals surface area contributed by atoms with Crippen molar-refractivity contribution < 1.29 is 14.4 Å². The fraction of sp³-hybridized carbons (Fsp3) is 0.400. The van der Waals surface area contributed by atoms with E-state index < -0.39 is 6.09 Å². The zero-order valence-electron chi connectivity index (χ0n) is 12.1. The van der Waals surface area contributed by atoms with Gasteiger partial charge in [-0.25, -0.2) is 4.79 Å². The Labute approximate surface area is 132 Å². The average molecular weight is 322 g/mol. The van der Waals surface area contributed by atoms with E-state index in [0.717, 1.165) is 12.0 Å². The van der Waals surface area contributed by atoms with Crippen LogP contribution in [0.1, 0.15) is 31.7 Å². The van der Waals surface area contributed by atoms with Crippen LogP contribution in [0.4, 0.5) is 4.79 Å². The fourth-order valence-electron chi connectivity index (χ4n) is 2.72. The molecule has 1 fully saturated rings. The van der Waals surface area contributed by atoms with Gasteiger partial charge < -0.3 is 9.63 Å². The lowest BCUT2D eigenvalue weighted by molar-refractivity contribution is 0.0786. The molecule has 0 bridgehead atoms. The maximum atomic E-state index is 11.4. The summed E-state index contributed by atoms with van der Waals surface area (Å²) >= 11 is 5.96. The number of benzene rings is 1. The van der Waals surface area contributed by atoms with Crippen LogP contribution >= 0.6 is 11.6 Å². The molecule has 1 aromatic heterocycles. The quantitative estimate of drug-likeness (QED) is 0.909. The predicted octanol–water partition coefficient (Wildman–Crippen LogP) is 3.84. The Morgan fingerprint density at radius 2 is 2.32 bits per heavy atom. The zero-order valence-corrected chi connectivity index (χ0v) is 12.8. The maximum Gasteiger partial charge on any atom is 0.407 e. The van der Waals surface area contributed by atoms with Gasteiger partial charge in [0.1, 0.15) is 6.04 Å². The molecule has 7 heteroatoms. The molecule has 2 unspecified atom stereocenters. The number of piperidine rings is 1. The van der Waals surface area contributed by atoms with Gasteiger partial charge in [-0.3, -0.25) is 4.90 Å². The molecule has 0 spiro atoms. The molecule has 0 radical (unpaired) electrons. The monoisotopic (exact) mass is 321 g/mol. The number of hydrogen-bond acceptors (Lipinski definition) is 4. The molecule has 0 aliphatic carbocycles. The second kappa shape index (κ2) is 5.96. The summed E-state index contributed by atoms with van der Waals surface area (Å²) in [6.07, 6.45) is 0.570. The minimum absolute atomic E-state index is 0.337. The second-order valence-electron chi connectivity index (χ2n) is 5.59. The molecule has 2 heterocycles. The van der Waals surface area contributed by atoms with E-state index >= 15 is 0 Å². The van der Waals surface area contributed by atoms with Crippen LogP contribution in [0.25, 0.3) is 11.4 Å². The third-order valence-electron chi connectivity index (χ3n) is 3.92. The van der Waals surface area contributed by atoms with Crippen molar-refractivity contribution in [2.24, 2.45) is 5.92 Å². The van der Waals surface area contributed by atoms with Crippen molar-refractivity contribution in [3.8, 4) is 11.4 Å². The standard InChI is InChI=1S/C15H16ClN3O3/c1-9-5-6-19(15(20)21)12(7-9)14-17-13(18-22-14)10-3-2-4-11(16)8-10/h2-4,8-9,12H,5-7H2,1H3,(H,20,21). The molecule has 2 atom stereocenters. The summed E-state index contributed by atoms with van der Waals surface area (Å²) in [7, 11) is 0. The van der Waals surface area contributed by atoms with E-state index in [1.54, 1.807) is 18.2 Å². The van der Waals surface area contributed by atoms with Gasteiger partial charge in [0.15, 0.2) is 0 Å². The Bertz CT molecular complexity index is 688. The van der Waals surface area contributed by atoms with Crippen LogP contribution in [0.2, 0.25) is 5.02 Å². The van der Waals surface area contributed by atoms with Crippen molar-refractivity contribution in [3.63, 3.8) is 0 Å². The Morgan fingerprint density at radius 1 is 1.50 bits per heavy atom. The molecule has 1 N–H and O–H groups in total. The maximum absolute atomic E-state index is 11.4. The number of carbonyl (C=O) groups is 1. The minimum Gasteiger partial charge on any atom is -0.465 e. The van der Waals surface area contributed by atoms with Gasteiger partial charge in [-0.1, -0.05) is 35.8 Å². The molecule has 22 heavy (non-hydrogen) atoms. The minimum atomic E-state index is -0.959. The first kappa shape index (κ1) is 14.8. The van der Waals surface area contributed by atoms with E-state index in [1.165, 1.54) is 4.90 Å². The van der Waals surface area contributed by atoms with Crippen molar-refractivity contribution in [1.29, 1.82) is 0 Å². The van der Waals surface area contributed by atoms with Crippen molar-refractivity contribution in [1.82, 2.24) is 15.0 Å². The van der Waals surface area contributed by atoms with Crippen LogP contribution < -0.4 is 0 Å². The number of likely N-dealkylation sites (tertiary alicyclic amines) is 1. The highest BCUT2D eigenvalue weighted by Crippen LogP contribution is 2.34. The molecule has 2 aromatic rings. The Balaban J connectivity index is 1.90. The number of hydrogen-bond donors (Lipinski definition) is 1. The number of aromatic nitrogens is 2. The average Bonchev–Trinajstić information content (AvgIpc) is 2.96. The summed E-state index contributed by atoms with van der Waals surface area (Å²) in [6.45, 7) is 2.58. The first-order valence-corrected chi connectivity index (χ1v) is 7.51. The van der Waals surface area contributed by atoms with Crippen LogP contribution in [0.15, 0.2) is 28.8 Å². The van der Waals surface area contributed by atoms with Crippen molar-refractivity contribution >= 4 is 17.7 Å². The summed E-state index contributed by atoms with van der Waals surface area (Å²) in [5, 5.41) is 13.9. The lowest BCUT2D eigenvalue weighted by Gasteiger charge is -2.34. The van der Waals surface area contributed by atoms with Gasteiger partial charge in [0.25, 0.3) is 0 Å². The fourth-order valence-corrected chi connectivity index (χ4v) is 2.91. The Kier molecular flexibility index (Phi) is 4.02. The Morgan fingerprint density at radius 3 is 3.05 bits per heavy atom.